The average Bonchev–Trinajstić information content (AvgIpc) is 2.81. The van der Waals surface area contributed by atoms with Gasteiger partial charge in [0.25, 0.3) is 0 Å². The largest absolute Gasteiger partial charge is 0.340 e. The van der Waals surface area contributed by atoms with E-state index in [0.717, 1.165) is 28.0 Å². The molecule has 0 unspecified atom stereocenters. The molecule has 0 spiro atoms. The number of carbonyl (C=O) groups is 2. The van der Waals surface area contributed by atoms with Crippen molar-refractivity contribution in [3.63, 3.8) is 0 Å². The van der Waals surface area contributed by atoms with Gasteiger partial charge in [0, 0.05) is 29.3 Å². The van der Waals surface area contributed by atoms with Crippen molar-refractivity contribution >= 4 is 22.5 Å². The molecule has 0 N–H and O–H groups in total. The number of rotatable bonds is 7. The van der Waals surface area contributed by atoms with Crippen molar-refractivity contribution in [2.45, 2.75) is 40.2 Å². The maximum Gasteiger partial charge on any atom is 0.200 e. The molecule has 2 aromatic carbocycles. The number of pyridine rings is 2. The smallest absolute Gasteiger partial charge is 0.200 e. The van der Waals surface area contributed by atoms with Gasteiger partial charge in [-0.05, 0) is 68.7 Å². The molecule has 0 aliphatic carbocycles. The quantitative estimate of drug-likeness (QED) is 0.388. The Morgan fingerprint density at radius 3 is 2.42 bits per heavy atom. The Morgan fingerprint density at radius 2 is 1.67 bits per heavy atom. The predicted molar refractivity (Wildman–Crippen MR) is 130 cm³/mol. The first kappa shape index (κ1) is 22.3. The molecule has 0 saturated carbocycles. The lowest BCUT2D eigenvalue weighted by atomic mass is 9.99. The van der Waals surface area contributed by atoms with E-state index in [4.69, 9.17) is 0 Å². The van der Waals surface area contributed by atoms with Gasteiger partial charge in [-0.1, -0.05) is 30.3 Å². The third-order valence-corrected chi connectivity index (χ3v) is 5.93. The second-order valence-electron chi connectivity index (χ2n) is 8.47. The van der Waals surface area contributed by atoms with Crippen LogP contribution in [-0.2, 0) is 17.8 Å². The van der Waals surface area contributed by atoms with Gasteiger partial charge in [-0.2, -0.15) is 0 Å². The molecule has 4 aromatic rings. The summed E-state index contributed by atoms with van der Waals surface area (Å²) < 4.78 is 1.90. The summed E-state index contributed by atoms with van der Waals surface area (Å²) in [5, 5.41) is 0.500. The van der Waals surface area contributed by atoms with Gasteiger partial charge in [0.1, 0.15) is 5.78 Å². The van der Waals surface area contributed by atoms with Crippen molar-refractivity contribution < 1.29 is 9.59 Å². The third-order valence-electron chi connectivity index (χ3n) is 5.93. The summed E-state index contributed by atoms with van der Waals surface area (Å²) in [6, 6.07) is 18.5. The zero-order chi connectivity index (χ0) is 23.5. The van der Waals surface area contributed by atoms with Crippen molar-refractivity contribution in [2.24, 2.45) is 0 Å². The number of hydrogen-bond donors (Lipinski definition) is 0. The number of carbonyl (C=O) groups excluding carboxylic acids is 2. The number of para-hydroxylation sites is 1. The van der Waals surface area contributed by atoms with Crippen LogP contribution in [0.15, 0.2) is 71.7 Å². The Kier molecular flexibility index (Phi) is 6.31. The Bertz CT molecular complexity index is 1430. The van der Waals surface area contributed by atoms with Crippen LogP contribution < -0.4 is 5.43 Å². The zero-order valence-corrected chi connectivity index (χ0v) is 19.1. The Morgan fingerprint density at radius 1 is 0.909 bits per heavy atom. The Labute approximate surface area is 192 Å². The van der Waals surface area contributed by atoms with Crippen LogP contribution in [0.5, 0.6) is 0 Å². The highest BCUT2D eigenvalue weighted by molar-refractivity contribution is 6.10. The van der Waals surface area contributed by atoms with E-state index in [9.17, 15) is 14.4 Å². The number of nitrogens with zero attached hydrogens (tertiary/aromatic N) is 2. The molecule has 0 fully saturated rings. The van der Waals surface area contributed by atoms with E-state index < -0.39 is 0 Å². The summed E-state index contributed by atoms with van der Waals surface area (Å²) in [4.78, 5) is 42.6. The summed E-state index contributed by atoms with van der Waals surface area (Å²) in [6.07, 6.45) is 2.68. The van der Waals surface area contributed by atoms with E-state index in [2.05, 4.69) is 4.98 Å². The number of aromatic nitrogens is 2. The molecular formula is C28H26N2O3. The summed E-state index contributed by atoms with van der Waals surface area (Å²) in [6.45, 7) is 5.92. The molecule has 166 valence electrons. The highest BCUT2D eigenvalue weighted by Crippen LogP contribution is 2.18. The van der Waals surface area contributed by atoms with Crippen molar-refractivity contribution in [3.8, 4) is 0 Å². The number of aryl methyl sites for hydroxylation is 3. The van der Waals surface area contributed by atoms with E-state index in [0.29, 0.717) is 30.3 Å². The minimum absolute atomic E-state index is 0.128. The Balaban J connectivity index is 1.78. The number of ketones is 2. The maximum absolute atomic E-state index is 13.3. The first-order valence-corrected chi connectivity index (χ1v) is 11.0. The molecular weight excluding hydrogens is 412 g/mol. The van der Waals surface area contributed by atoms with Gasteiger partial charge in [-0.15, -0.1) is 0 Å². The summed E-state index contributed by atoms with van der Waals surface area (Å²) in [5.41, 5.74) is 4.87. The van der Waals surface area contributed by atoms with Crippen molar-refractivity contribution in [1.82, 2.24) is 9.55 Å². The van der Waals surface area contributed by atoms with Gasteiger partial charge in [0.05, 0.1) is 23.3 Å². The molecule has 0 radical (unpaired) electrons. The second kappa shape index (κ2) is 9.33. The highest BCUT2D eigenvalue weighted by atomic mass is 16.1. The molecule has 0 bridgehead atoms. The van der Waals surface area contributed by atoms with Crippen LogP contribution in [0.25, 0.3) is 10.9 Å². The minimum atomic E-state index is -0.286. The summed E-state index contributed by atoms with van der Waals surface area (Å²) in [7, 11) is 0. The lowest BCUT2D eigenvalue weighted by molar-refractivity contribution is -0.117. The molecule has 0 amide bonds. The van der Waals surface area contributed by atoms with Crippen LogP contribution in [-0.4, -0.2) is 21.1 Å². The molecule has 0 aliphatic heterocycles. The minimum Gasteiger partial charge on any atom is -0.340 e. The van der Waals surface area contributed by atoms with Crippen LogP contribution in [0, 0.1) is 13.8 Å². The third kappa shape index (κ3) is 4.82. The molecule has 33 heavy (non-hydrogen) atoms. The molecule has 4 rings (SSSR count). The normalized spacial score (nSPS) is 11.0. The van der Waals surface area contributed by atoms with Gasteiger partial charge in [0.2, 0.25) is 5.43 Å². The van der Waals surface area contributed by atoms with Crippen LogP contribution in [0.2, 0.25) is 0 Å². The molecule has 0 aliphatic rings. The lowest BCUT2D eigenvalue weighted by Gasteiger charge is -2.14. The lowest BCUT2D eigenvalue weighted by Crippen LogP contribution is -2.20. The first-order valence-electron chi connectivity index (χ1n) is 11.0. The van der Waals surface area contributed by atoms with Crippen LogP contribution in [0.3, 0.4) is 0 Å². The fourth-order valence-electron chi connectivity index (χ4n) is 3.91. The fraction of sp³-hybridized carbons (Fsp3) is 0.214. The van der Waals surface area contributed by atoms with Crippen LogP contribution in [0.4, 0.5) is 0 Å². The van der Waals surface area contributed by atoms with Crippen LogP contribution in [0.1, 0.15) is 51.8 Å². The SMILES string of the molecule is CC(=O)CCc1cccc(Cn2cc(C(=O)c3ccc(C)c(C)c3)c(=O)c3ccccc32)n1. The van der Waals surface area contributed by atoms with E-state index in [1.807, 2.05) is 60.9 Å². The molecule has 0 atom stereocenters. The van der Waals surface area contributed by atoms with Gasteiger partial charge >= 0.3 is 0 Å². The van der Waals surface area contributed by atoms with Gasteiger partial charge in [-0.25, -0.2) is 0 Å². The zero-order valence-electron chi connectivity index (χ0n) is 19.1. The topological polar surface area (TPSA) is 69.0 Å². The van der Waals surface area contributed by atoms with Crippen molar-refractivity contribution in [1.29, 1.82) is 0 Å². The Hall–Kier alpha value is -3.86. The number of Topliss-reactive ketones (excluding diaryl/α,β-unsaturated/α-hetero) is 1. The predicted octanol–water partition coefficient (Wildman–Crippen LogP) is 4.81. The van der Waals surface area contributed by atoms with E-state index in [1.54, 1.807) is 31.3 Å². The highest BCUT2D eigenvalue weighted by Gasteiger charge is 2.18. The average molecular weight is 439 g/mol. The second-order valence-corrected chi connectivity index (χ2v) is 8.47. The molecule has 2 aromatic heterocycles. The molecule has 5 nitrogen and oxygen atoms in total. The van der Waals surface area contributed by atoms with Gasteiger partial charge in [-0.3, -0.25) is 14.6 Å². The van der Waals surface area contributed by atoms with Crippen LogP contribution >= 0.6 is 0 Å². The van der Waals surface area contributed by atoms with E-state index >= 15 is 0 Å². The summed E-state index contributed by atoms with van der Waals surface area (Å²) in [5.74, 6) is -0.158. The molecule has 0 saturated heterocycles. The molecule has 2 heterocycles. The number of benzene rings is 2. The monoisotopic (exact) mass is 438 g/mol. The fourth-order valence-corrected chi connectivity index (χ4v) is 3.91. The maximum atomic E-state index is 13.3. The molecule has 5 heteroatoms. The van der Waals surface area contributed by atoms with Crippen molar-refractivity contribution in [2.75, 3.05) is 0 Å². The van der Waals surface area contributed by atoms with Gasteiger partial charge < -0.3 is 9.36 Å². The first-order chi connectivity index (χ1) is 15.8. The van der Waals surface area contributed by atoms with E-state index in [-0.39, 0.29) is 22.6 Å². The van der Waals surface area contributed by atoms with E-state index in [1.165, 1.54) is 0 Å². The van der Waals surface area contributed by atoms with Crippen molar-refractivity contribution in [3.05, 3.63) is 111 Å². The summed E-state index contributed by atoms with van der Waals surface area (Å²) >= 11 is 0. The standard InChI is InChI=1S/C28H26N2O3/c1-18-11-13-21(15-19(18)2)27(32)25-17-30(26-10-5-4-9-24(26)28(25)33)16-23-8-6-7-22(29-23)14-12-20(3)31/h4-11,13,15,17H,12,14,16H2,1-3H3. The number of fused-ring (bicyclic) bond motifs is 1. The van der Waals surface area contributed by atoms with Gasteiger partial charge in [0.15, 0.2) is 5.78 Å². The number of hydrogen-bond acceptors (Lipinski definition) is 4.